The molecule has 3 heterocycles. The fourth-order valence-electron chi connectivity index (χ4n) is 4.18. The first-order chi connectivity index (χ1) is 14.5. The van der Waals surface area contributed by atoms with Crippen LogP contribution in [0, 0.1) is 0 Å². The van der Waals surface area contributed by atoms with Crippen molar-refractivity contribution >= 4 is 22.3 Å². The summed E-state index contributed by atoms with van der Waals surface area (Å²) in [5.41, 5.74) is 1.52. The van der Waals surface area contributed by atoms with Crippen LogP contribution in [-0.2, 0) is 5.54 Å². The van der Waals surface area contributed by atoms with E-state index in [2.05, 4.69) is 27.5 Å². The number of fused-ring (bicyclic) bond motifs is 1. The van der Waals surface area contributed by atoms with Crippen molar-refractivity contribution in [2.45, 2.75) is 57.0 Å². The van der Waals surface area contributed by atoms with Gasteiger partial charge in [-0.15, -0.1) is 0 Å². The monoisotopic (exact) mass is 423 g/mol. The molecule has 1 saturated heterocycles. The molecule has 1 aromatic carbocycles. The first-order valence-electron chi connectivity index (χ1n) is 10.5. The molecule has 156 valence electrons. The van der Waals surface area contributed by atoms with E-state index in [1.165, 1.54) is 15.9 Å². The summed E-state index contributed by atoms with van der Waals surface area (Å²) < 4.78 is 1.37. The highest BCUT2D eigenvalue weighted by Crippen LogP contribution is 2.46. The van der Waals surface area contributed by atoms with Crippen molar-refractivity contribution in [2.24, 2.45) is 0 Å². The number of aromatic nitrogens is 3. The van der Waals surface area contributed by atoms with E-state index in [1.807, 2.05) is 36.9 Å². The molecule has 8 heteroatoms. The Kier molecular flexibility index (Phi) is 4.61. The number of carbonyl (C=O) groups excluding carboxylic acids is 1. The Balaban J connectivity index is 1.41. The molecule has 2 fully saturated rings. The molecular weight excluding hydrogens is 398 g/mol. The second-order valence-electron chi connectivity index (χ2n) is 8.54. The van der Waals surface area contributed by atoms with Crippen LogP contribution in [0.2, 0.25) is 0 Å². The summed E-state index contributed by atoms with van der Waals surface area (Å²) in [6.07, 6.45) is 3.68. The largest absolute Gasteiger partial charge is 0.328 e. The normalized spacial score (nSPS) is 20.1. The predicted molar refractivity (Wildman–Crippen MR) is 116 cm³/mol. The predicted octanol–water partition coefficient (Wildman–Crippen LogP) is 3.81. The standard InChI is InChI=1S/C22H25N5O2S/c1-14(2)16-13-18(28)27-21(23-16)30-19(25-27)17-9-6-12-26(17)20(29)24-22(10-11-22)15-7-4-3-5-8-15/h3-5,7-8,13-14,17H,6,9-12H2,1-2H3,(H,24,29). The lowest BCUT2D eigenvalue weighted by atomic mass is 10.1. The van der Waals surface area contributed by atoms with Gasteiger partial charge in [0.15, 0.2) is 0 Å². The van der Waals surface area contributed by atoms with Gasteiger partial charge >= 0.3 is 6.03 Å². The third kappa shape index (κ3) is 3.29. The van der Waals surface area contributed by atoms with Gasteiger partial charge in [-0.05, 0) is 37.2 Å². The van der Waals surface area contributed by atoms with Crippen molar-refractivity contribution in [2.75, 3.05) is 6.54 Å². The van der Waals surface area contributed by atoms with Crippen LogP contribution < -0.4 is 10.9 Å². The van der Waals surface area contributed by atoms with Gasteiger partial charge in [-0.3, -0.25) is 4.79 Å². The van der Waals surface area contributed by atoms with E-state index < -0.39 is 0 Å². The zero-order valence-corrected chi connectivity index (χ0v) is 18.0. The summed E-state index contributed by atoms with van der Waals surface area (Å²) in [6.45, 7) is 4.73. The molecule has 1 N–H and O–H groups in total. The lowest BCUT2D eigenvalue weighted by Gasteiger charge is -2.27. The first-order valence-corrected chi connectivity index (χ1v) is 11.3. The minimum absolute atomic E-state index is 0.0544. The Labute approximate surface area is 178 Å². The molecule has 2 amide bonds. The fourth-order valence-corrected chi connectivity index (χ4v) is 5.24. The maximum Gasteiger partial charge on any atom is 0.318 e. The van der Waals surface area contributed by atoms with E-state index in [1.54, 1.807) is 6.07 Å². The Morgan fingerprint density at radius 1 is 1.27 bits per heavy atom. The van der Waals surface area contributed by atoms with Gasteiger partial charge in [0.05, 0.1) is 17.3 Å². The van der Waals surface area contributed by atoms with Crippen LogP contribution in [-0.4, -0.2) is 32.1 Å². The number of hydrogen-bond donors (Lipinski definition) is 1. The Bertz CT molecular complexity index is 1150. The molecule has 1 aliphatic carbocycles. The average molecular weight is 424 g/mol. The molecule has 0 bridgehead atoms. The zero-order valence-electron chi connectivity index (χ0n) is 17.2. The molecule has 7 nitrogen and oxygen atoms in total. The number of benzene rings is 1. The minimum atomic E-state index is -0.246. The summed E-state index contributed by atoms with van der Waals surface area (Å²) in [5.74, 6) is 0.176. The SMILES string of the molecule is CC(C)c1cc(=O)n2nc(C3CCCN3C(=O)NC3(c4ccccc4)CC3)sc2n1. The molecule has 3 aromatic rings. The maximum absolute atomic E-state index is 13.2. The first kappa shape index (κ1) is 19.2. The highest BCUT2D eigenvalue weighted by Gasteiger charge is 2.47. The number of hydrogen-bond acceptors (Lipinski definition) is 5. The number of nitrogens with zero attached hydrogens (tertiary/aromatic N) is 4. The molecule has 0 radical (unpaired) electrons. The highest BCUT2D eigenvalue weighted by atomic mass is 32.1. The van der Waals surface area contributed by atoms with Crippen molar-refractivity contribution in [3.05, 3.63) is 63.0 Å². The van der Waals surface area contributed by atoms with Gasteiger partial charge in [-0.1, -0.05) is 55.5 Å². The third-order valence-electron chi connectivity index (χ3n) is 6.09. The molecular formula is C22H25N5O2S. The third-order valence-corrected chi connectivity index (χ3v) is 7.10. The maximum atomic E-state index is 13.2. The average Bonchev–Trinajstić information content (AvgIpc) is 3.16. The van der Waals surface area contributed by atoms with E-state index in [0.717, 1.165) is 41.9 Å². The molecule has 2 aromatic heterocycles. The summed E-state index contributed by atoms with van der Waals surface area (Å²) in [7, 11) is 0. The van der Waals surface area contributed by atoms with Crippen molar-refractivity contribution in [3.63, 3.8) is 0 Å². The topological polar surface area (TPSA) is 79.6 Å². The number of carbonyl (C=O) groups is 1. The van der Waals surface area contributed by atoms with Crippen molar-refractivity contribution in [1.29, 1.82) is 0 Å². The van der Waals surface area contributed by atoms with Crippen LogP contribution in [0.15, 0.2) is 41.2 Å². The summed E-state index contributed by atoms with van der Waals surface area (Å²) in [6, 6.07) is 11.5. The number of likely N-dealkylation sites (tertiary alicyclic amines) is 1. The molecule has 0 spiro atoms. The molecule has 2 aliphatic rings. The van der Waals surface area contributed by atoms with Gasteiger partial charge in [0.2, 0.25) is 4.96 Å². The van der Waals surface area contributed by atoms with Crippen LogP contribution in [0.3, 0.4) is 0 Å². The lowest BCUT2D eigenvalue weighted by molar-refractivity contribution is 0.187. The van der Waals surface area contributed by atoms with Crippen molar-refractivity contribution < 1.29 is 4.79 Å². The van der Waals surface area contributed by atoms with Crippen molar-refractivity contribution in [3.8, 4) is 0 Å². The number of nitrogens with one attached hydrogen (secondary N) is 1. The minimum Gasteiger partial charge on any atom is -0.328 e. The van der Waals surface area contributed by atoms with E-state index in [0.29, 0.717) is 11.5 Å². The van der Waals surface area contributed by atoms with Crippen LogP contribution in [0.25, 0.3) is 4.96 Å². The Morgan fingerprint density at radius 3 is 2.73 bits per heavy atom. The molecule has 1 aliphatic heterocycles. The Morgan fingerprint density at radius 2 is 2.03 bits per heavy atom. The number of urea groups is 1. The van der Waals surface area contributed by atoms with Gasteiger partial charge in [-0.25, -0.2) is 9.78 Å². The molecule has 5 rings (SSSR count). The molecule has 30 heavy (non-hydrogen) atoms. The van der Waals surface area contributed by atoms with Crippen LogP contribution >= 0.6 is 11.3 Å². The molecule has 1 atom stereocenters. The van der Waals surface area contributed by atoms with Crippen LogP contribution in [0.5, 0.6) is 0 Å². The van der Waals surface area contributed by atoms with E-state index in [4.69, 9.17) is 0 Å². The summed E-state index contributed by atoms with van der Waals surface area (Å²) in [5, 5.41) is 8.59. The van der Waals surface area contributed by atoms with E-state index in [-0.39, 0.29) is 29.1 Å². The van der Waals surface area contributed by atoms with E-state index >= 15 is 0 Å². The number of rotatable bonds is 4. The second kappa shape index (κ2) is 7.19. The van der Waals surface area contributed by atoms with Gasteiger partial charge in [0.1, 0.15) is 5.01 Å². The van der Waals surface area contributed by atoms with E-state index in [9.17, 15) is 9.59 Å². The Hall–Kier alpha value is -2.74. The summed E-state index contributed by atoms with van der Waals surface area (Å²) in [4.78, 5) is 32.7. The summed E-state index contributed by atoms with van der Waals surface area (Å²) >= 11 is 1.41. The number of amides is 2. The van der Waals surface area contributed by atoms with Gasteiger partial charge < -0.3 is 10.2 Å². The van der Waals surface area contributed by atoms with Crippen LogP contribution in [0.4, 0.5) is 4.79 Å². The smallest absolute Gasteiger partial charge is 0.318 e. The van der Waals surface area contributed by atoms with Gasteiger partial charge in [0, 0.05) is 12.6 Å². The fraction of sp³-hybridized carbons (Fsp3) is 0.455. The van der Waals surface area contributed by atoms with Gasteiger partial charge in [-0.2, -0.15) is 9.61 Å². The molecule has 1 saturated carbocycles. The van der Waals surface area contributed by atoms with Crippen LogP contribution in [0.1, 0.15) is 67.8 Å². The quantitative estimate of drug-likeness (QED) is 0.692. The van der Waals surface area contributed by atoms with Gasteiger partial charge in [0.25, 0.3) is 5.56 Å². The molecule has 1 unspecified atom stereocenters. The second-order valence-corrected chi connectivity index (χ2v) is 9.53. The zero-order chi connectivity index (χ0) is 20.9. The van der Waals surface area contributed by atoms with Crippen molar-refractivity contribution in [1.82, 2.24) is 24.8 Å². The lowest BCUT2D eigenvalue weighted by Crippen LogP contribution is -2.44. The highest BCUT2D eigenvalue weighted by molar-refractivity contribution is 7.16.